The molecule has 19 heavy (non-hydrogen) atoms. The SMILES string of the molecule is CC1CCN(C(=O)N2CCC(C(N)=O)C2)C1C(=O)O. The van der Waals surface area contributed by atoms with E-state index in [2.05, 4.69) is 0 Å². The van der Waals surface area contributed by atoms with Gasteiger partial charge in [-0.05, 0) is 18.8 Å². The maximum atomic E-state index is 12.3. The smallest absolute Gasteiger partial charge is 0.326 e. The summed E-state index contributed by atoms with van der Waals surface area (Å²) in [6, 6.07) is -1.05. The number of nitrogens with two attached hydrogens (primary N) is 1. The molecule has 2 fully saturated rings. The van der Waals surface area contributed by atoms with E-state index in [-0.39, 0.29) is 17.9 Å². The van der Waals surface area contributed by atoms with Crippen molar-refractivity contribution in [3.63, 3.8) is 0 Å². The highest BCUT2D eigenvalue weighted by molar-refractivity contribution is 5.85. The summed E-state index contributed by atoms with van der Waals surface area (Å²) < 4.78 is 0. The molecule has 2 aliphatic rings. The van der Waals surface area contributed by atoms with Crippen LogP contribution in [0.3, 0.4) is 0 Å². The Bertz CT molecular complexity index is 412. The molecule has 0 aromatic rings. The number of carbonyl (C=O) groups is 3. The number of hydrogen-bond acceptors (Lipinski definition) is 3. The van der Waals surface area contributed by atoms with Crippen molar-refractivity contribution in [2.45, 2.75) is 25.8 Å². The van der Waals surface area contributed by atoms with E-state index >= 15 is 0 Å². The fraction of sp³-hybridized carbons (Fsp3) is 0.750. The molecule has 0 saturated carbocycles. The average Bonchev–Trinajstić information content (AvgIpc) is 2.93. The summed E-state index contributed by atoms with van der Waals surface area (Å²) in [7, 11) is 0. The second-order valence-corrected chi connectivity index (χ2v) is 5.36. The van der Waals surface area contributed by atoms with Crippen molar-refractivity contribution in [2.75, 3.05) is 19.6 Å². The summed E-state index contributed by atoms with van der Waals surface area (Å²) in [5.41, 5.74) is 5.23. The van der Waals surface area contributed by atoms with Crippen LogP contribution >= 0.6 is 0 Å². The first-order valence-electron chi connectivity index (χ1n) is 6.49. The Labute approximate surface area is 111 Å². The van der Waals surface area contributed by atoms with Crippen LogP contribution in [0.4, 0.5) is 4.79 Å². The summed E-state index contributed by atoms with van der Waals surface area (Å²) in [4.78, 5) is 37.6. The standard InChI is InChI=1S/C12H19N3O4/c1-7-2-5-15(9(7)11(17)18)12(19)14-4-3-8(6-14)10(13)16/h7-9H,2-6H2,1H3,(H2,13,16)(H,17,18). The molecule has 7 heteroatoms. The fourth-order valence-corrected chi connectivity index (χ4v) is 2.89. The molecule has 0 aromatic heterocycles. The third-order valence-electron chi connectivity index (χ3n) is 4.06. The number of amides is 3. The minimum Gasteiger partial charge on any atom is -0.480 e. The van der Waals surface area contributed by atoms with Crippen LogP contribution in [0.25, 0.3) is 0 Å². The lowest BCUT2D eigenvalue weighted by Gasteiger charge is -2.28. The van der Waals surface area contributed by atoms with Crippen LogP contribution in [0.2, 0.25) is 0 Å². The number of carbonyl (C=O) groups excluding carboxylic acids is 2. The highest BCUT2D eigenvalue weighted by Gasteiger charge is 2.42. The van der Waals surface area contributed by atoms with Gasteiger partial charge < -0.3 is 20.6 Å². The van der Waals surface area contributed by atoms with E-state index in [9.17, 15) is 19.5 Å². The van der Waals surface area contributed by atoms with Gasteiger partial charge in [-0.2, -0.15) is 0 Å². The van der Waals surface area contributed by atoms with E-state index in [0.29, 0.717) is 32.5 Å². The van der Waals surface area contributed by atoms with Crippen LogP contribution in [-0.4, -0.2) is 58.5 Å². The molecular formula is C12H19N3O4. The second-order valence-electron chi connectivity index (χ2n) is 5.36. The minimum absolute atomic E-state index is 0.0454. The molecular weight excluding hydrogens is 250 g/mol. The summed E-state index contributed by atoms with van der Waals surface area (Å²) in [6.07, 6.45) is 1.25. The summed E-state index contributed by atoms with van der Waals surface area (Å²) >= 11 is 0. The van der Waals surface area contributed by atoms with Gasteiger partial charge in [0.1, 0.15) is 6.04 Å². The zero-order valence-corrected chi connectivity index (χ0v) is 10.9. The van der Waals surface area contributed by atoms with Crippen LogP contribution < -0.4 is 5.73 Å². The van der Waals surface area contributed by atoms with E-state index in [1.54, 1.807) is 0 Å². The van der Waals surface area contributed by atoms with E-state index in [1.807, 2.05) is 6.92 Å². The fourth-order valence-electron chi connectivity index (χ4n) is 2.89. The first-order chi connectivity index (χ1) is 8.91. The van der Waals surface area contributed by atoms with E-state index in [4.69, 9.17) is 5.73 Å². The van der Waals surface area contributed by atoms with E-state index < -0.39 is 17.9 Å². The zero-order valence-electron chi connectivity index (χ0n) is 10.9. The number of aliphatic carboxylic acids is 1. The lowest BCUT2D eigenvalue weighted by Crippen LogP contribution is -2.48. The van der Waals surface area contributed by atoms with Crippen LogP contribution in [0.5, 0.6) is 0 Å². The highest BCUT2D eigenvalue weighted by Crippen LogP contribution is 2.27. The monoisotopic (exact) mass is 269 g/mol. The molecule has 3 atom stereocenters. The molecule has 106 valence electrons. The molecule has 3 N–H and O–H groups in total. The zero-order chi connectivity index (χ0) is 14.2. The number of carboxylic acid groups (broad SMARTS) is 1. The molecule has 3 unspecified atom stereocenters. The van der Waals surface area contributed by atoms with Gasteiger partial charge in [0.05, 0.1) is 5.92 Å². The molecule has 0 bridgehead atoms. The maximum absolute atomic E-state index is 12.3. The van der Waals surface area contributed by atoms with Gasteiger partial charge in [0.25, 0.3) is 0 Å². The van der Waals surface area contributed by atoms with Crippen molar-refractivity contribution in [1.29, 1.82) is 0 Å². The lowest BCUT2D eigenvalue weighted by atomic mass is 10.0. The van der Waals surface area contributed by atoms with E-state index in [0.717, 1.165) is 0 Å². The molecule has 0 spiro atoms. The van der Waals surface area contributed by atoms with Gasteiger partial charge in [-0.3, -0.25) is 4.79 Å². The predicted octanol–water partition coefficient (Wildman–Crippen LogP) is -0.291. The van der Waals surface area contributed by atoms with Gasteiger partial charge >= 0.3 is 12.0 Å². The van der Waals surface area contributed by atoms with Crippen molar-refractivity contribution in [3.8, 4) is 0 Å². The van der Waals surface area contributed by atoms with E-state index in [1.165, 1.54) is 9.80 Å². The molecule has 2 heterocycles. The van der Waals surface area contributed by atoms with Crippen LogP contribution in [-0.2, 0) is 9.59 Å². The van der Waals surface area contributed by atoms with Crippen molar-refractivity contribution in [2.24, 2.45) is 17.6 Å². The number of hydrogen-bond donors (Lipinski definition) is 2. The quantitative estimate of drug-likeness (QED) is 0.718. The molecule has 2 rings (SSSR count). The minimum atomic E-state index is -0.969. The first-order valence-corrected chi connectivity index (χ1v) is 6.49. The molecule has 7 nitrogen and oxygen atoms in total. The van der Waals surface area contributed by atoms with Crippen LogP contribution in [0.1, 0.15) is 19.8 Å². The Morgan fingerprint density at radius 1 is 1.21 bits per heavy atom. The maximum Gasteiger partial charge on any atom is 0.326 e. The summed E-state index contributed by atoms with van der Waals surface area (Å²) in [5.74, 6) is -1.73. The largest absolute Gasteiger partial charge is 0.480 e. The molecule has 2 saturated heterocycles. The normalized spacial score (nSPS) is 30.7. The van der Waals surface area contributed by atoms with Gasteiger partial charge in [-0.1, -0.05) is 6.92 Å². The molecule has 2 aliphatic heterocycles. The van der Waals surface area contributed by atoms with Gasteiger partial charge in [0.2, 0.25) is 5.91 Å². The molecule has 0 aromatic carbocycles. The van der Waals surface area contributed by atoms with Crippen molar-refractivity contribution in [1.82, 2.24) is 9.80 Å². The average molecular weight is 269 g/mol. The summed E-state index contributed by atoms with van der Waals surface area (Å²) in [5, 5.41) is 9.20. The number of primary amides is 1. The van der Waals surface area contributed by atoms with Crippen molar-refractivity contribution in [3.05, 3.63) is 0 Å². The van der Waals surface area contributed by atoms with Gasteiger partial charge in [-0.15, -0.1) is 0 Å². The second kappa shape index (κ2) is 5.07. The Kier molecular flexibility index (Phi) is 3.64. The molecule has 0 aliphatic carbocycles. The van der Waals surface area contributed by atoms with Gasteiger partial charge in [0, 0.05) is 19.6 Å². The number of likely N-dealkylation sites (tertiary alicyclic amines) is 2. The topological polar surface area (TPSA) is 104 Å². The summed E-state index contributed by atoms with van der Waals surface area (Å²) in [6.45, 7) is 3.05. The molecule has 3 amide bonds. The first kappa shape index (κ1) is 13.6. The Morgan fingerprint density at radius 2 is 1.89 bits per heavy atom. The van der Waals surface area contributed by atoms with Gasteiger partial charge in [-0.25, -0.2) is 9.59 Å². The Morgan fingerprint density at radius 3 is 2.42 bits per heavy atom. The number of nitrogens with zero attached hydrogens (tertiary/aromatic N) is 2. The number of urea groups is 1. The molecule has 0 radical (unpaired) electrons. The lowest BCUT2D eigenvalue weighted by molar-refractivity contribution is -0.142. The van der Waals surface area contributed by atoms with Crippen LogP contribution in [0, 0.1) is 11.8 Å². The highest BCUT2D eigenvalue weighted by atomic mass is 16.4. The van der Waals surface area contributed by atoms with Crippen LogP contribution in [0.15, 0.2) is 0 Å². The van der Waals surface area contributed by atoms with Crippen molar-refractivity contribution >= 4 is 17.9 Å². The third-order valence-corrected chi connectivity index (χ3v) is 4.06. The predicted molar refractivity (Wildman–Crippen MR) is 66.2 cm³/mol. The Balaban J connectivity index is 2.04. The number of rotatable bonds is 2. The number of carboxylic acids is 1. The third kappa shape index (κ3) is 2.50. The Hall–Kier alpha value is -1.79. The van der Waals surface area contributed by atoms with Gasteiger partial charge in [0.15, 0.2) is 0 Å². The van der Waals surface area contributed by atoms with Crippen molar-refractivity contribution < 1.29 is 19.5 Å².